The number of allylic oxidation sites excluding steroid dienone is 3. The van der Waals surface area contributed by atoms with Crippen molar-refractivity contribution in [1.82, 2.24) is 5.32 Å². The minimum Gasteiger partial charge on any atom is -0.466 e. The van der Waals surface area contributed by atoms with Gasteiger partial charge in [0, 0.05) is 12.8 Å². The number of aliphatic hydroxyl groups is 2. The van der Waals surface area contributed by atoms with Gasteiger partial charge in [-0.05, 0) is 57.8 Å². The van der Waals surface area contributed by atoms with Gasteiger partial charge in [-0.3, -0.25) is 9.59 Å². The summed E-state index contributed by atoms with van der Waals surface area (Å²) in [5, 5.41) is 23.2. The molecule has 0 spiro atoms. The molecule has 6 nitrogen and oxygen atoms in total. The SMILES string of the molecule is CCCCCCCCC/C=C\CCCCCCCCCC(=O)OCCCCCCCCCCCCCCCCCCCCCCCC(=O)NC(CO)C(O)/C=C/CCCCCCCCCCCCCCCCCC. The van der Waals surface area contributed by atoms with Gasteiger partial charge in [0.15, 0.2) is 0 Å². The maximum Gasteiger partial charge on any atom is 0.305 e. The molecule has 0 aliphatic rings. The fourth-order valence-electron chi connectivity index (χ4n) is 10.6. The number of nitrogens with one attached hydrogen (secondary N) is 1. The van der Waals surface area contributed by atoms with Crippen molar-refractivity contribution in [3.63, 3.8) is 0 Å². The number of hydrogen-bond acceptors (Lipinski definition) is 5. The molecule has 1 amide bonds. The molecule has 0 aromatic carbocycles. The average molecular weight is 1040 g/mol. The first kappa shape index (κ1) is 72.3. The first-order valence-electron chi connectivity index (χ1n) is 33.6. The summed E-state index contributed by atoms with van der Waals surface area (Å²) in [6, 6.07) is -0.629. The zero-order valence-electron chi connectivity index (χ0n) is 50.1. The van der Waals surface area contributed by atoms with Crippen molar-refractivity contribution in [2.45, 2.75) is 386 Å². The van der Waals surface area contributed by atoms with Gasteiger partial charge < -0.3 is 20.3 Å². The van der Waals surface area contributed by atoms with Crippen LogP contribution in [0.4, 0.5) is 0 Å². The number of aliphatic hydroxyl groups excluding tert-OH is 2. The van der Waals surface area contributed by atoms with Gasteiger partial charge in [0.25, 0.3) is 0 Å². The number of carbonyl (C=O) groups is 2. The Morgan fingerprint density at radius 3 is 0.959 bits per heavy atom. The molecule has 74 heavy (non-hydrogen) atoms. The third-order valence-corrected chi connectivity index (χ3v) is 15.7. The summed E-state index contributed by atoms with van der Waals surface area (Å²) in [5.74, 6) is -0.0567. The molecule has 2 unspecified atom stereocenters. The number of hydrogen-bond donors (Lipinski definition) is 3. The molecule has 0 rings (SSSR count). The zero-order chi connectivity index (χ0) is 53.6. The van der Waals surface area contributed by atoms with E-state index in [9.17, 15) is 19.8 Å². The summed E-state index contributed by atoms with van der Waals surface area (Å²) in [6.45, 7) is 4.93. The fraction of sp³-hybridized carbons (Fsp3) is 0.912. The van der Waals surface area contributed by atoms with Crippen LogP contribution in [-0.2, 0) is 14.3 Å². The van der Waals surface area contributed by atoms with Crippen LogP contribution in [0.15, 0.2) is 24.3 Å². The summed E-state index contributed by atoms with van der Waals surface area (Å²) in [6.07, 6.45) is 79.5. The predicted octanol–water partition coefficient (Wildman–Crippen LogP) is 21.4. The minimum atomic E-state index is -0.845. The number of esters is 1. The normalized spacial score (nSPS) is 12.6. The average Bonchev–Trinajstić information content (AvgIpc) is 3.40. The van der Waals surface area contributed by atoms with Gasteiger partial charge in [-0.2, -0.15) is 0 Å². The molecule has 0 bridgehead atoms. The van der Waals surface area contributed by atoms with Crippen molar-refractivity contribution in [3.8, 4) is 0 Å². The maximum absolute atomic E-state index is 12.5. The van der Waals surface area contributed by atoms with Gasteiger partial charge in [0.2, 0.25) is 5.91 Å². The highest BCUT2D eigenvalue weighted by Gasteiger charge is 2.18. The van der Waals surface area contributed by atoms with E-state index >= 15 is 0 Å². The van der Waals surface area contributed by atoms with Gasteiger partial charge >= 0.3 is 5.97 Å². The molecule has 0 fully saturated rings. The molecule has 6 heteroatoms. The van der Waals surface area contributed by atoms with E-state index in [0.717, 1.165) is 44.9 Å². The monoisotopic (exact) mass is 1040 g/mol. The van der Waals surface area contributed by atoms with Crippen LogP contribution in [0.3, 0.4) is 0 Å². The smallest absolute Gasteiger partial charge is 0.305 e. The molecule has 0 aromatic heterocycles. The van der Waals surface area contributed by atoms with Crippen LogP contribution in [-0.4, -0.2) is 47.4 Å². The van der Waals surface area contributed by atoms with Crippen molar-refractivity contribution >= 4 is 11.9 Å². The highest BCUT2D eigenvalue weighted by atomic mass is 16.5. The van der Waals surface area contributed by atoms with Crippen molar-refractivity contribution in [2.24, 2.45) is 0 Å². The van der Waals surface area contributed by atoms with Gasteiger partial charge in [-0.15, -0.1) is 0 Å². The van der Waals surface area contributed by atoms with Crippen LogP contribution < -0.4 is 5.32 Å². The van der Waals surface area contributed by atoms with E-state index in [0.29, 0.717) is 19.4 Å². The van der Waals surface area contributed by atoms with E-state index in [1.54, 1.807) is 6.08 Å². The molecular formula is C68H131NO5. The predicted molar refractivity (Wildman–Crippen MR) is 324 cm³/mol. The third kappa shape index (κ3) is 59.6. The van der Waals surface area contributed by atoms with Gasteiger partial charge in [0.1, 0.15) is 0 Å². The molecule has 2 atom stereocenters. The van der Waals surface area contributed by atoms with E-state index in [4.69, 9.17) is 4.74 Å². The molecule has 0 saturated carbocycles. The van der Waals surface area contributed by atoms with Gasteiger partial charge in [0.05, 0.1) is 25.4 Å². The highest BCUT2D eigenvalue weighted by Crippen LogP contribution is 2.18. The molecule has 438 valence electrons. The Balaban J connectivity index is 3.40. The summed E-state index contributed by atoms with van der Waals surface area (Å²) >= 11 is 0. The van der Waals surface area contributed by atoms with Crippen molar-refractivity contribution in [3.05, 3.63) is 24.3 Å². The molecule has 3 N–H and O–H groups in total. The molecular weight excluding hydrogens is 911 g/mol. The fourth-order valence-corrected chi connectivity index (χ4v) is 10.6. The van der Waals surface area contributed by atoms with E-state index in [2.05, 4.69) is 31.3 Å². The number of amides is 1. The number of rotatable bonds is 63. The number of unbranched alkanes of at least 4 members (excludes halogenated alkanes) is 50. The Hall–Kier alpha value is -1.66. The Morgan fingerprint density at radius 2 is 0.635 bits per heavy atom. The van der Waals surface area contributed by atoms with Crippen molar-refractivity contribution < 1.29 is 24.5 Å². The third-order valence-electron chi connectivity index (χ3n) is 15.7. The molecule has 0 saturated heterocycles. The number of carbonyl (C=O) groups excluding carboxylic acids is 2. The standard InChI is InChI=1S/C68H131NO5/c1-3-5-7-9-11-13-15-17-19-21-28-32-36-40-44-48-52-56-60-66(71)65(64-70)69-67(72)61-57-53-49-45-41-37-33-29-26-24-23-25-27-31-35-39-43-47-51-55-59-63-74-68(73)62-58-54-50-46-42-38-34-30-22-20-18-16-14-12-10-8-6-4-2/h20,22,56,60,65-66,70-71H,3-19,21,23-55,57-59,61-64H2,1-2H3,(H,69,72)/b22-20-,60-56+. The summed E-state index contributed by atoms with van der Waals surface area (Å²) in [7, 11) is 0. The van der Waals surface area contributed by atoms with E-state index in [1.807, 2.05) is 6.08 Å². The lowest BCUT2D eigenvalue weighted by Crippen LogP contribution is -2.45. The largest absolute Gasteiger partial charge is 0.466 e. The molecule has 0 radical (unpaired) electrons. The Kier molecular flexibility index (Phi) is 62.4. The lowest BCUT2D eigenvalue weighted by Gasteiger charge is -2.20. The summed E-state index contributed by atoms with van der Waals surface area (Å²) in [4.78, 5) is 24.6. The van der Waals surface area contributed by atoms with E-state index in [1.165, 1.54) is 302 Å². The zero-order valence-corrected chi connectivity index (χ0v) is 50.1. The Labute approximate surface area is 462 Å². The van der Waals surface area contributed by atoms with Crippen molar-refractivity contribution in [2.75, 3.05) is 13.2 Å². The van der Waals surface area contributed by atoms with Crippen molar-refractivity contribution in [1.29, 1.82) is 0 Å². The molecule has 0 aliphatic carbocycles. The van der Waals surface area contributed by atoms with Crippen LogP contribution in [0.2, 0.25) is 0 Å². The van der Waals surface area contributed by atoms with Gasteiger partial charge in [-0.1, -0.05) is 327 Å². The quantitative estimate of drug-likeness (QED) is 0.0320. The lowest BCUT2D eigenvalue weighted by molar-refractivity contribution is -0.143. The number of ether oxygens (including phenoxy) is 1. The van der Waals surface area contributed by atoms with E-state index < -0.39 is 12.1 Å². The van der Waals surface area contributed by atoms with Crippen LogP contribution in [0, 0.1) is 0 Å². The highest BCUT2D eigenvalue weighted by molar-refractivity contribution is 5.76. The Morgan fingerprint density at radius 1 is 0.365 bits per heavy atom. The summed E-state index contributed by atoms with van der Waals surface area (Å²) < 4.78 is 5.50. The first-order valence-corrected chi connectivity index (χ1v) is 33.6. The maximum atomic E-state index is 12.5. The van der Waals surface area contributed by atoms with Crippen LogP contribution >= 0.6 is 0 Å². The second kappa shape index (κ2) is 63.9. The molecule has 0 aromatic rings. The molecule has 0 aliphatic heterocycles. The second-order valence-electron chi connectivity index (χ2n) is 23.2. The Bertz CT molecular complexity index is 1150. The summed E-state index contributed by atoms with van der Waals surface area (Å²) in [5.41, 5.74) is 0. The minimum absolute atomic E-state index is 0.00922. The van der Waals surface area contributed by atoms with Crippen LogP contribution in [0.1, 0.15) is 373 Å². The van der Waals surface area contributed by atoms with Crippen LogP contribution in [0.25, 0.3) is 0 Å². The first-order chi connectivity index (χ1) is 36.5. The second-order valence-corrected chi connectivity index (χ2v) is 23.2. The van der Waals surface area contributed by atoms with Crippen LogP contribution in [0.5, 0.6) is 0 Å². The topological polar surface area (TPSA) is 95.9 Å². The molecule has 0 heterocycles. The lowest BCUT2D eigenvalue weighted by atomic mass is 10.0. The van der Waals surface area contributed by atoms with Gasteiger partial charge in [-0.25, -0.2) is 0 Å². The van der Waals surface area contributed by atoms with E-state index in [-0.39, 0.29) is 18.5 Å².